The second kappa shape index (κ2) is 8.35. The first-order chi connectivity index (χ1) is 15.7. The van der Waals surface area contributed by atoms with Gasteiger partial charge in [0.1, 0.15) is 5.75 Å². The smallest absolute Gasteiger partial charge is 0.309 e. The van der Waals surface area contributed by atoms with E-state index in [0.717, 1.165) is 29.0 Å². The monoisotopic (exact) mass is 425 g/mol. The normalized spacial score (nSPS) is 12.0. The molecular weight excluding hydrogens is 406 g/mol. The van der Waals surface area contributed by atoms with E-state index >= 15 is 0 Å². The number of ether oxygens (including phenoxy) is 1. The molecule has 8 heteroatoms. The number of benzene rings is 3. The van der Waals surface area contributed by atoms with Gasteiger partial charge in [-0.2, -0.15) is 0 Å². The fraction of sp³-hybridized carbons (Fsp3) is 0.0833. The van der Waals surface area contributed by atoms with Crippen molar-refractivity contribution in [2.24, 2.45) is 0 Å². The van der Waals surface area contributed by atoms with Crippen LogP contribution in [0.1, 0.15) is 26.5 Å². The molecule has 0 bridgehead atoms. The molecule has 4 aromatic rings. The topological polar surface area (TPSA) is 98.1 Å². The van der Waals surface area contributed by atoms with Gasteiger partial charge in [0.05, 0.1) is 12.3 Å². The van der Waals surface area contributed by atoms with E-state index in [4.69, 9.17) is 4.74 Å². The predicted molar refractivity (Wildman–Crippen MR) is 117 cm³/mol. The molecule has 0 fully saturated rings. The predicted octanol–water partition coefficient (Wildman–Crippen LogP) is 2.94. The van der Waals surface area contributed by atoms with Crippen molar-refractivity contribution in [2.75, 3.05) is 6.61 Å². The van der Waals surface area contributed by atoms with E-state index < -0.39 is 11.8 Å². The summed E-state index contributed by atoms with van der Waals surface area (Å²) in [6.07, 6.45) is 0.756. The van der Waals surface area contributed by atoms with Crippen LogP contribution in [0.3, 0.4) is 0 Å². The van der Waals surface area contributed by atoms with Gasteiger partial charge < -0.3 is 4.74 Å². The molecule has 0 saturated heterocycles. The minimum atomic E-state index is -0.616. The summed E-state index contributed by atoms with van der Waals surface area (Å²) >= 11 is 0. The Bertz CT molecular complexity index is 1230. The number of hydrazine groups is 1. The van der Waals surface area contributed by atoms with Crippen LogP contribution in [0.25, 0.3) is 17.1 Å². The fourth-order valence-electron chi connectivity index (χ4n) is 3.50. The van der Waals surface area contributed by atoms with Gasteiger partial charge in [-0.25, -0.2) is 9.67 Å². The molecule has 0 radical (unpaired) electrons. The molecule has 1 aliphatic rings. The zero-order valence-electron chi connectivity index (χ0n) is 17.0. The van der Waals surface area contributed by atoms with E-state index in [1.54, 1.807) is 22.9 Å². The van der Waals surface area contributed by atoms with Crippen LogP contribution in [0.4, 0.5) is 0 Å². The van der Waals surface area contributed by atoms with Gasteiger partial charge in [-0.15, -0.1) is 5.10 Å². The summed E-state index contributed by atoms with van der Waals surface area (Å²) in [6, 6.07) is 24.1. The van der Waals surface area contributed by atoms with Crippen molar-refractivity contribution >= 4 is 11.8 Å². The Kier molecular flexibility index (Phi) is 5.09. The Morgan fingerprint density at radius 2 is 1.59 bits per heavy atom. The summed E-state index contributed by atoms with van der Waals surface area (Å²) in [6.45, 7) is 0.608. The Labute approximate surface area is 183 Å². The van der Waals surface area contributed by atoms with E-state index in [0.29, 0.717) is 18.0 Å². The van der Waals surface area contributed by atoms with E-state index in [1.165, 1.54) is 0 Å². The summed E-state index contributed by atoms with van der Waals surface area (Å²) in [5.41, 5.74) is 7.81. The minimum Gasteiger partial charge on any atom is -0.493 e. The number of carbonyl (C=O) groups excluding carboxylic acids is 2. The lowest BCUT2D eigenvalue weighted by Crippen LogP contribution is -2.42. The molecule has 0 saturated carbocycles. The molecule has 2 amide bonds. The van der Waals surface area contributed by atoms with Crippen LogP contribution in [0.5, 0.6) is 5.75 Å². The van der Waals surface area contributed by atoms with Crippen molar-refractivity contribution in [3.8, 4) is 22.8 Å². The molecule has 1 aliphatic heterocycles. The van der Waals surface area contributed by atoms with E-state index in [-0.39, 0.29) is 5.82 Å². The molecule has 2 heterocycles. The van der Waals surface area contributed by atoms with Crippen LogP contribution in [0.2, 0.25) is 0 Å². The molecule has 0 atom stereocenters. The van der Waals surface area contributed by atoms with Crippen molar-refractivity contribution in [1.82, 2.24) is 25.6 Å². The molecule has 0 unspecified atom stereocenters. The number of fused-ring (bicyclic) bond motifs is 1. The van der Waals surface area contributed by atoms with Crippen molar-refractivity contribution in [1.29, 1.82) is 0 Å². The van der Waals surface area contributed by atoms with Crippen molar-refractivity contribution in [3.05, 3.63) is 95.8 Å². The maximum Gasteiger partial charge on any atom is 0.309 e. The van der Waals surface area contributed by atoms with Gasteiger partial charge in [-0.1, -0.05) is 48.5 Å². The molecule has 158 valence electrons. The van der Waals surface area contributed by atoms with Crippen molar-refractivity contribution < 1.29 is 14.3 Å². The number of para-hydroxylation sites is 1. The van der Waals surface area contributed by atoms with Crippen molar-refractivity contribution in [2.45, 2.75) is 6.42 Å². The molecule has 0 aliphatic carbocycles. The SMILES string of the molecule is O=C(NNC(=O)c1nc(-c2ccccc2)n(-c2ccccc2)n1)c1ccc2c(c1)CCO2. The summed E-state index contributed by atoms with van der Waals surface area (Å²) in [4.78, 5) is 29.6. The van der Waals surface area contributed by atoms with Gasteiger partial charge in [-0.3, -0.25) is 20.4 Å². The highest BCUT2D eigenvalue weighted by Gasteiger charge is 2.20. The van der Waals surface area contributed by atoms with Gasteiger partial charge in [-0.05, 0) is 35.9 Å². The molecule has 0 spiro atoms. The number of hydrogen-bond donors (Lipinski definition) is 2. The number of aromatic nitrogens is 3. The summed E-state index contributed by atoms with van der Waals surface area (Å²) < 4.78 is 7.06. The summed E-state index contributed by atoms with van der Waals surface area (Å²) in [7, 11) is 0. The zero-order valence-corrected chi connectivity index (χ0v) is 17.0. The van der Waals surface area contributed by atoms with Crippen LogP contribution < -0.4 is 15.6 Å². The number of hydrogen-bond acceptors (Lipinski definition) is 5. The highest BCUT2D eigenvalue weighted by Crippen LogP contribution is 2.25. The maximum absolute atomic E-state index is 12.7. The third-order valence-electron chi connectivity index (χ3n) is 5.08. The lowest BCUT2D eigenvalue weighted by atomic mass is 10.1. The first-order valence-corrected chi connectivity index (χ1v) is 10.1. The quantitative estimate of drug-likeness (QED) is 0.490. The first kappa shape index (κ1) is 19.5. The number of nitrogens with one attached hydrogen (secondary N) is 2. The standard InChI is InChI=1S/C24H19N5O3/c30-23(18-11-12-20-17(15-18)13-14-32-20)26-27-24(31)21-25-22(16-7-3-1-4-8-16)29(28-21)19-9-5-2-6-10-19/h1-12,15H,13-14H2,(H,26,30)(H,27,31). The first-order valence-electron chi connectivity index (χ1n) is 10.1. The van der Waals surface area contributed by atoms with E-state index in [1.807, 2.05) is 60.7 Å². The Balaban J connectivity index is 1.37. The lowest BCUT2D eigenvalue weighted by Gasteiger charge is -2.07. The van der Waals surface area contributed by atoms with Crippen LogP contribution >= 0.6 is 0 Å². The highest BCUT2D eigenvalue weighted by molar-refractivity contribution is 5.98. The third kappa shape index (κ3) is 3.81. The Hall–Kier alpha value is -4.46. The van der Waals surface area contributed by atoms with E-state index in [2.05, 4.69) is 20.9 Å². The third-order valence-corrected chi connectivity index (χ3v) is 5.08. The number of rotatable bonds is 4. The molecule has 3 aromatic carbocycles. The molecule has 2 N–H and O–H groups in total. The van der Waals surface area contributed by atoms with Crippen LogP contribution in [0.15, 0.2) is 78.9 Å². The average molecular weight is 425 g/mol. The zero-order chi connectivity index (χ0) is 21.9. The maximum atomic E-state index is 12.7. The largest absolute Gasteiger partial charge is 0.493 e. The molecule has 32 heavy (non-hydrogen) atoms. The van der Waals surface area contributed by atoms with Gasteiger partial charge in [0.25, 0.3) is 5.91 Å². The molecule has 1 aromatic heterocycles. The van der Waals surface area contributed by atoms with Crippen LogP contribution in [0, 0.1) is 0 Å². The van der Waals surface area contributed by atoms with E-state index in [9.17, 15) is 9.59 Å². The highest BCUT2D eigenvalue weighted by atomic mass is 16.5. The number of nitrogens with zero attached hydrogens (tertiary/aromatic N) is 3. The van der Waals surface area contributed by atoms with Gasteiger partial charge >= 0.3 is 5.91 Å². The Morgan fingerprint density at radius 3 is 2.38 bits per heavy atom. The van der Waals surface area contributed by atoms with Crippen molar-refractivity contribution in [3.63, 3.8) is 0 Å². The lowest BCUT2D eigenvalue weighted by molar-refractivity contribution is 0.0841. The second-order valence-electron chi connectivity index (χ2n) is 7.20. The van der Waals surface area contributed by atoms with Crippen LogP contribution in [-0.2, 0) is 6.42 Å². The number of carbonyl (C=O) groups is 2. The van der Waals surface area contributed by atoms with Gasteiger partial charge in [0.2, 0.25) is 5.82 Å². The summed E-state index contributed by atoms with van der Waals surface area (Å²) in [5.74, 6) is 0.200. The average Bonchev–Trinajstić information content (AvgIpc) is 3.50. The van der Waals surface area contributed by atoms with Crippen LogP contribution in [-0.4, -0.2) is 33.2 Å². The molecule has 8 nitrogen and oxygen atoms in total. The minimum absolute atomic E-state index is 0.0599. The Morgan fingerprint density at radius 1 is 0.875 bits per heavy atom. The summed E-state index contributed by atoms with van der Waals surface area (Å²) in [5, 5.41) is 4.38. The molecular formula is C24H19N5O3. The number of amides is 2. The molecule has 5 rings (SSSR count). The van der Waals surface area contributed by atoms with Gasteiger partial charge in [0.15, 0.2) is 5.82 Å². The fourth-order valence-corrected chi connectivity index (χ4v) is 3.50. The van der Waals surface area contributed by atoms with Gasteiger partial charge in [0, 0.05) is 17.5 Å². The second-order valence-corrected chi connectivity index (χ2v) is 7.20.